The highest BCUT2D eigenvalue weighted by Crippen LogP contribution is 2.10. The summed E-state index contributed by atoms with van der Waals surface area (Å²) in [7, 11) is 0. The highest BCUT2D eigenvalue weighted by atomic mass is 79.9. The van der Waals surface area contributed by atoms with E-state index in [4.69, 9.17) is 5.11 Å². The molecule has 1 heterocycles. The Bertz CT molecular complexity index is 362. The number of rotatable bonds is 7. The van der Waals surface area contributed by atoms with Gasteiger partial charge in [0.1, 0.15) is 5.69 Å². The molecule has 1 unspecified atom stereocenters. The van der Waals surface area contributed by atoms with Crippen LogP contribution in [0.1, 0.15) is 36.7 Å². The van der Waals surface area contributed by atoms with Crippen molar-refractivity contribution in [3.63, 3.8) is 0 Å². The standard InChI is InChI=1S/C13H19BrN2O2/c1-2-3-10(6-7-17)8-16-13(18)12-5-4-11(14)9-15-12/h4-5,9-10,17H,2-3,6-8H2,1H3,(H,16,18). The predicted molar refractivity (Wildman–Crippen MR) is 74.4 cm³/mol. The molecule has 1 rings (SSSR count). The monoisotopic (exact) mass is 314 g/mol. The van der Waals surface area contributed by atoms with E-state index in [9.17, 15) is 4.79 Å². The van der Waals surface area contributed by atoms with Gasteiger partial charge in [-0.2, -0.15) is 0 Å². The van der Waals surface area contributed by atoms with Crippen molar-refractivity contribution in [1.29, 1.82) is 0 Å². The maximum Gasteiger partial charge on any atom is 0.269 e. The summed E-state index contributed by atoms with van der Waals surface area (Å²) >= 11 is 3.28. The molecule has 0 aliphatic heterocycles. The minimum absolute atomic E-state index is 0.164. The van der Waals surface area contributed by atoms with Crippen LogP contribution in [0.15, 0.2) is 22.8 Å². The Labute approximate surface area is 116 Å². The van der Waals surface area contributed by atoms with Crippen LogP contribution in [0.3, 0.4) is 0 Å². The zero-order valence-electron chi connectivity index (χ0n) is 10.5. The van der Waals surface area contributed by atoms with Gasteiger partial charge in [0.15, 0.2) is 0 Å². The largest absolute Gasteiger partial charge is 0.396 e. The van der Waals surface area contributed by atoms with E-state index in [1.807, 2.05) is 0 Å². The van der Waals surface area contributed by atoms with E-state index in [1.54, 1.807) is 18.3 Å². The van der Waals surface area contributed by atoms with Crippen molar-refractivity contribution in [3.8, 4) is 0 Å². The first-order chi connectivity index (χ1) is 8.67. The zero-order valence-corrected chi connectivity index (χ0v) is 12.1. The van der Waals surface area contributed by atoms with Crippen LogP contribution < -0.4 is 5.32 Å². The van der Waals surface area contributed by atoms with Crippen LogP contribution in [0.25, 0.3) is 0 Å². The Morgan fingerprint density at radius 2 is 2.28 bits per heavy atom. The number of aromatic nitrogens is 1. The first kappa shape index (κ1) is 15.1. The summed E-state index contributed by atoms with van der Waals surface area (Å²) in [6, 6.07) is 3.47. The van der Waals surface area contributed by atoms with Gasteiger partial charge in [-0.05, 0) is 46.8 Å². The van der Waals surface area contributed by atoms with E-state index in [0.29, 0.717) is 18.2 Å². The lowest BCUT2D eigenvalue weighted by Gasteiger charge is -2.15. The lowest BCUT2D eigenvalue weighted by molar-refractivity contribution is 0.0938. The zero-order chi connectivity index (χ0) is 13.4. The van der Waals surface area contributed by atoms with Gasteiger partial charge in [0.2, 0.25) is 0 Å². The summed E-state index contributed by atoms with van der Waals surface area (Å²) in [5.74, 6) is 0.168. The minimum Gasteiger partial charge on any atom is -0.396 e. The Balaban J connectivity index is 2.46. The second-order valence-electron chi connectivity index (χ2n) is 4.24. The molecular weight excluding hydrogens is 296 g/mol. The molecule has 2 N–H and O–H groups in total. The summed E-state index contributed by atoms with van der Waals surface area (Å²) in [6.45, 7) is 2.85. The molecule has 0 bridgehead atoms. The third-order valence-electron chi connectivity index (χ3n) is 2.75. The number of aliphatic hydroxyl groups is 1. The van der Waals surface area contributed by atoms with E-state index in [-0.39, 0.29) is 12.5 Å². The van der Waals surface area contributed by atoms with Crippen molar-refractivity contribution in [2.24, 2.45) is 5.92 Å². The number of hydrogen-bond acceptors (Lipinski definition) is 3. The molecule has 4 nitrogen and oxygen atoms in total. The highest BCUT2D eigenvalue weighted by Gasteiger charge is 2.11. The molecule has 0 saturated heterocycles. The molecule has 0 spiro atoms. The van der Waals surface area contributed by atoms with Gasteiger partial charge < -0.3 is 10.4 Å². The van der Waals surface area contributed by atoms with E-state index in [2.05, 4.69) is 33.2 Å². The average Bonchev–Trinajstić information content (AvgIpc) is 2.37. The van der Waals surface area contributed by atoms with E-state index in [1.165, 1.54) is 0 Å². The first-order valence-electron chi connectivity index (χ1n) is 6.18. The number of nitrogens with one attached hydrogen (secondary N) is 1. The number of carbonyl (C=O) groups is 1. The summed E-state index contributed by atoms with van der Waals surface area (Å²) in [5, 5.41) is 11.8. The normalized spacial score (nSPS) is 12.2. The minimum atomic E-state index is -0.165. The molecule has 18 heavy (non-hydrogen) atoms. The Kier molecular flexibility index (Phi) is 6.90. The van der Waals surface area contributed by atoms with Gasteiger partial charge in [0.25, 0.3) is 5.91 Å². The smallest absolute Gasteiger partial charge is 0.269 e. The van der Waals surface area contributed by atoms with Crippen molar-refractivity contribution in [1.82, 2.24) is 10.3 Å². The Morgan fingerprint density at radius 3 is 2.83 bits per heavy atom. The molecule has 0 radical (unpaired) electrons. The van der Waals surface area contributed by atoms with Crippen LogP contribution >= 0.6 is 15.9 Å². The number of aliphatic hydroxyl groups excluding tert-OH is 1. The number of pyridine rings is 1. The quantitative estimate of drug-likeness (QED) is 0.812. The molecular formula is C13H19BrN2O2. The number of amides is 1. The van der Waals surface area contributed by atoms with Crippen LogP contribution in [0.5, 0.6) is 0 Å². The number of nitrogens with zero attached hydrogens (tertiary/aromatic N) is 1. The lowest BCUT2D eigenvalue weighted by atomic mass is 10.0. The van der Waals surface area contributed by atoms with Gasteiger partial charge >= 0.3 is 0 Å². The third kappa shape index (κ3) is 5.14. The van der Waals surface area contributed by atoms with Gasteiger partial charge in [-0.3, -0.25) is 4.79 Å². The molecule has 1 atom stereocenters. The topological polar surface area (TPSA) is 62.2 Å². The average molecular weight is 315 g/mol. The van der Waals surface area contributed by atoms with Crippen molar-refractivity contribution in [2.75, 3.05) is 13.2 Å². The van der Waals surface area contributed by atoms with E-state index < -0.39 is 0 Å². The van der Waals surface area contributed by atoms with Crippen LogP contribution in [0, 0.1) is 5.92 Å². The molecule has 1 aromatic rings. The second kappa shape index (κ2) is 8.21. The molecule has 0 aliphatic carbocycles. The molecule has 1 amide bonds. The van der Waals surface area contributed by atoms with Gasteiger partial charge in [-0.15, -0.1) is 0 Å². The first-order valence-corrected chi connectivity index (χ1v) is 6.97. The molecule has 0 aromatic carbocycles. The number of carbonyl (C=O) groups excluding carboxylic acids is 1. The number of halogens is 1. The number of hydrogen-bond donors (Lipinski definition) is 2. The maximum atomic E-state index is 11.8. The molecule has 5 heteroatoms. The van der Waals surface area contributed by atoms with Crippen LogP contribution in [-0.4, -0.2) is 29.1 Å². The summed E-state index contributed by atoms with van der Waals surface area (Å²) in [6.07, 6.45) is 4.39. The van der Waals surface area contributed by atoms with Crippen molar-refractivity contribution in [2.45, 2.75) is 26.2 Å². The fourth-order valence-electron chi connectivity index (χ4n) is 1.78. The van der Waals surface area contributed by atoms with Gasteiger partial charge in [-0.25, -0.2) is 4.98 Å². The van der Waals surface area contributed by atoms with Crippen molar-refractivity contribution >= 4 is 21.8 Å². The molecule has 0 aliphatic rings. The van der Waals surface area contributed by atoms with Crippen LogP contribution in [0.4, 0.5) is 0 Å². The van der Waals surface area contributed by atoms with Gasteiger partial charge in [0.05, 0.1) is 0 Å². The van der Waals surface area contributed by atoms with Crippen LogP contribution in [0.2, 0.25) is 0 Å². The summed E-state index contributed by atoms with van der Waals surface area (Å²) in [4.78, 5) is 15.9. The fraction of sp³-hybridized carbons (Fsp3) is 0.538. The Hall–Kier alpha value is -0.940. The summed E-state index contributed by atoms with van der Waals surface area (Å²) < 4.78 is 0.850. The highest BCUT2D eigenvalue weighted by molar-refractivity contribution is 9.10. The van der Waals surface area contributed by atoms with Gasteiger partial charge in [0, 0.05) is 23.8 Å². The Morgan fingerprint density at radius 1 is 1.50 bits per heavy atom. The van der Waals surface area contributed by atoms with Crippen molar-refractivity contribution in [3.05, 3.63) is 28.5 Å². The molecule has 100 valence electrons. The predicted octanol–water partition coefficient (Wildman–Crippen LogP) is 2.37. The third-order valence-corrected chi connectivity index (χ3v) is 3.21. The molecule has 0 fully saturated rings. The lowest BCUT2D eigenvalue weighted by Crippen LogP contribution is -2.30. The van der Waals surface area contributed by atoms with Crippen LogP contribution in [-0.2, 0) is 0 Å². The molecule has 0 saturated carbocycles. The van der Waals surface area contributed by atoms with E-state index in [0.717, 1.165) is 23.7 Å². The van der Waals surface area contributed by atoms with Crippen molar-refractivity contribution < 1.29 is 9.90 Å². The van der Waals surface area contributed by atoms with Gasteiger partial charge in [-0.1, -0.05) is 13.3 Å². The summed E-state index contributed by atoms with van der Waals surface area (Å²) in [5.41, 5.74) is 0.414. The molecule has 1 aromatic heterocycles. The maximum absolute atomic E-state index is 11.8. The SMILES string of the molecule is CCCC(CCO)CNC(=O)c1ccc(Br)cn1. The van der Waals surface area contributed by atoms with E-state index >= 15 is 0 Å². The fourth-order valence-corrected chi connectivity index (χ4v) is 2.01. The second-order valence-corrected chi connectivity index (χ2v) is 5.15.